The molecule has 1 amide bonds. The zero-order valence-corrected chi connectivity index (χ0v) is 14.6. The van der Waals surface area contributed by atoms with E-state index in [1.807, 2.05) is 6.07 Å². The quantitative estimate of drug-likeness (QED) is 0.757. The zero-order chi connectivity index (χ0) is 18.1. The van der Waals surface area contributed by atoms with Gasteiger partial charge in [0, 0.05) is 30.6 Å². The summed E-state index contributed by atoms with van der Waals surface area (Å²) < 4.78 is 0. The van der Waals surface area contributed by atoms with Crippen molar-refractivity contribution in [1.29, 1.82) is 0 Å². The Morgan fingerprint density at radius 2 is 1.58 bits per heavy atom. The molecule has 0 radical (unpaired) electrons. The lowest BCUT2D eigenvalue weighted by Gasteiger charge is -2.05. The molecule has 0 unspecified atom stereocenters. The second kappa shape index (κ2) is 6.64. The van der Waals surface area contributed by atoms with Gasteiger partial charge in [-0.2, -0.15) is 0 Å². The molecule has 4 rings (SSSR count). The van der Waals surface area contributed by atoms with Gasteiger partial charge in [-0.3, -0.25) is 9.59 Å². The van der Waals surface area contributed by atoms with Crippen LogP contribution in [0.1, 0.15) is 44.1 Å². The fraction of sp³-hybridized carbons (Fsp3) is 0.182. The van der Waals surface area contributed by atoms with E-state index in [1.165, 1.54) is 16.7 Å². The van der Waals surface area contributed by atoms with Crippen LogP contribution in [-0.2, 0) is 6.42 Å². The average molecular weight is 344 g/mol. The molecule has 2 N–H and O–H groups in total. The lowest BCUT2D eigenvalue weighted by Crippen LogP contribution is -2.23. The first-order valence-corrected chi connectivity index (χ1v) is 8.79. The highest BCUT2D eigenvalue weighted by Gasteiger charge is 2.23. The number of nitrogens with one attached hydrogen (secondary N) is 2. The van der Waals surface area contributed by atoms with Crippen molar-refractivity contribution in [3.05, 3.63) is 82.7 Å². The highest BCUT2D eigenvalue weighted by atomic mass is 16.2. The summed E-state index contributed by atoms with van der Waals surface area (Å²) in [4.78, 5) is 27.3. The number of fused-ring (bicyclic) bond motifs is 1. The molecule has 130 valence electrons. The number of aromatic amines is 1. The topological polar surface area (TPSA) is 62.0 Å². The van der Waals surface area contributed by atoms with E-state index >= 15 is 0 Å². The van der Waals surface area contributed by atoms with Crippen LogP contribution in [0.4, 0.5) is 0 Å². The van der Waals surface area contributed by atoms with Crippen molar-refractivity contribution < 1.29 is 9.59 Å². The summed E-state index contributed by atoms with van der Waals surface area (Å²) in [6.45, 7) is 2.48. The van der Waals surface area contributed by atoms with Crippen LogP contribution < -0.4 is 5.32 Å². The van der Waals surface area contributed by atoms with Gasteiger partial charge in [0.25, 0.3) is 5.91 Å². The number of H-pyrrole nitrogens is 1. The lowest BCUT2D eigenvalue weighted by molar-refractivity contribution is 0.0951. The van der Waals surface area contributed by atoms with Crippen LogP contribution in [-0.4, -0.2) is 23.2 Å². The van der Waals surface area contributed by atoms with Crippen molar-refractivity contribution >= 4 is 11.7 Å². The van der Waals surface area contributed by atoms with Gasteiger partial charge in [-0.25, -0.2) is 0 Å². The first-order chi connectivity index (χ1) is 12.6. The van der Waals surface area contributed by atoms with E-state index in [0.29, 0.717) is 30.6 Å². The standard InChI is InChI=1S/C22H20N2O2/c1-14-2-6-16(7-3-14)17-8-4-15(5-9-17)12-18-13-19-20(25)10-11-23-22(26)21(19)24-18/h2-9,13,24H,10-12H2,1H3,(H,23,26). The summed E-state index contributed by atoms with van der Waals surface area (Å²) >= 11 is 0. The van der Waals surface area contributed by atoms with Gasteiger partial charge in [-0.15, -0.1) is 0 Å². The van der Waals surface area contributed by atoms with Crippen LogP contribution in [0.5, 0.6) is 0 Å². The predicted molar refractivity (Wildman–Crippen MR) is 101 cm³/mol. The molecule has 3 aromatic rings. The molecule has 0 aliphatic carbocycles. The molecule has 0 bridgehead atoms. The summed E-state index contributed by atoms with van der Waals surface area (Å²) in [6.07, 6.45) is 1.00. The number of benzene rings is 2. The molecule has 0 atom stereocenters. The van der Waals surface area contributed by atoms with E-state index in [1.54, 1.807) is 0 Å². The molecular formula is C22H20N2O2. The SMILES string of the molecule is Cc1ccc(-c2ccc(Cc3cc4c([nH]3)C(=O)NCCC4=O)cc2)cc1. The number of ketones is 1. The summed E-state index contributed by atoms with van der Waals surface area (Å²) in [5.74, 6) is -0.192. The molecule has 0 fully saturated rings. The molecule has 1 aliphatic heterocycles. The number of aromatic nitrogens is 1. The van der Waals surface area contributed by atoms with Gasteiger partial charge >= 0.3 is 0 Å². The van der Waals surface area contributed by atoms with Crippen LogP contribution in [0.15, 0.2) is 54.6 Å². The van der Waals surface area contributed by atoms with Crippen molar-refractivity contribution in [2.24, 2.45) is 0 Å². The fourth-order valence-electron chi connectivity index (χ4n) is 3.30. The number of carbonyl (C=O) groups excluding carboxylic acids is 2. The number of hydrogen-bond acceptors (Lipinski definition) is 2. The summed E-state index contributed by atoms with van der Waals surface area (Å²) in [6, 6.07) is 18.7. The zero-order valence-electron chi connectivity index (χ0n) is 14.6. The Labute approximate surface area is 152 Å². The van der Waals surface area contributed by atoms with E-state index in [2.05, 4.69) is 65.8 Å². The average Bonchev–Trinajstić information content (AvgIpc) is 3.02. The molecule has 0 saturated carbocycles. The molecule has 4 heteroatoms. The molecule has 0 saturated heterocycles. The third-order valence-corrected chi connectivity index (χ3v) is 4.77. The minimum absolute atomic E-state index is 0.00979. The van der Waals surface area contributed by atoms with E-state index in [0.717, 1.165) is 11.3 Å². The number of aryl methyl sites for hydroxylation is 1. The van der Waals surface area contributed by atoms with Crippen LogP contribution in [0.25, 0.3) is 11.1 Å². The van der Waals surface area contributed by atoms with Crippen molar-refractivity contribution in [2.75, 3.05) is 6.54 Å². The predicted octanol–water partition coefficient (Wildman–Crippen LogP) is 3.90. The number of hydrogen-bond donors (Lipinski definition) is 2. The molecule has 0 spiro atoms. The normalized spacial score (nSPS) is 13.9. The van der Waals surface area contributed by atoms with Gasteiger partial charge < -0.3 is 10.3 Å². The second-order valence-corrected chi connectivity index (χ2v) is 6.75. The lowest BCUT2D eigenvalue weighted by atomic mass is 10.0. The van der Waals surface area contributed by atoms with E-state index in [4.69, 9.17) is 0 Å². The molecule has 2 aromatic carbocycles. The largest absolute Gasteiger partial charge is 0.354 e. The highest BCUT2D eigenvalue weighted by molar-refractivity contribution is 6.09. The number of amides is 1. The van der Waals surface area contributed by atoms with Gasteiger partial charge in [0.2, 0.25) is 0 Å². The minimum Gasteiger partial charge on any atom is -0.354 e. The van der Waals surface area contributed by atoms with E-state index in [9.17, 15) is 9.59 Å². The minimum atomic E-state index is -0.202. The molecule has 1 aliphatic rings. The Kier molecular flexibility index (Phi) is 4.17. The van der Waals surface area contributed by atoms with Crippen LogP contribution in [0.3, 0.4) is 0 Å². The Balaban J connectivity index is 1.56. The van der Waals surface area contributed by atoms with Gasteiger partial charge in [-0.1, -0.05) is 54.1 Å². The van der Waals surface area contributed by atoms with Crippen molar-refractivity contribution in [3.63, 3.8) is 0 Å². The summed E-state index contributed by atoms with van der Waals surface area (Å²) in [5, 5.41) is 2.75. The Morgan fingerprint density at radius 3 is 2.27 bits per heavy atom. The first kappa shape index (κ1) is 16.3. The number of carbonyl (C=O) groups is 2. The van der Waals surface area contributed by atoms with Gasteiger partial charge in [0.15, 0.2) is 5.78 Å². The number of rotatable bonds is 3. The highest BCUT2D eigenvalue weighted by Crippen LogP contribution is 2.22. The van der Waals surface area contributed by atoms with E-state index < -0.39 is 0 Å². The Bertz CT molecular complexity index is 933. The van der Waals surface area contributed by atoms with Crippen LogP contribution in [0.2, 0.25) is 0 Å². The Hall–Kier alpha value is -3.14. The van der Waals surface area contributed by atoms with Crippen molar-refractivity contribution in [3.8, 4) is 11.1 Å². The van der Waals surface area contributed by atoms with E-state index in [-0.39, 0.29) is 11.7 Å². The fourth-order valence-corrected chi connectivity index (χ4v) is 3.30. The van der Waals surface area contributed by atoms with Crippen molar-refractivity contribution in [1.82, 2.24) is 10.3 Å². The monoisotopic (exact) mass is 344 g/mol. The third kappa shape index (κ3) is 3.18. The molecule has 4 nitrogen and oxygen atoms in total. The van der Waals surface area contributed by atoms with Crippen molar-refractivity contribution in [2.45, 2.75) is 19.8 Å². The first-order valence-electron chi connectivity index (χ1n) is 8.79. The Morgan fingerprint density at radius 1 is 0.923 bits per heavy atom. The third-order valence-electron chi connectivity index (χ3n) is 4.77. The molecular weight excluding hydrogens is 324 g/mol. The molecule has 26 heavy (non-hydrogen) atoms. The summed E-state index contributed by atoms with van der Waals surface area (Å²) in [5.41, 5.74) is 6.51. The number of Topliss-reactive ketones (excluding diaryl/α,β-unsaturated/α-hetero) is 1. The summed E-state index contributed by atoms with van der Waals surface area (Å²) in [7, 11) is 0. The second-order valence-electron chi connectivity index (χ2n) is 6.75. The maximum absolute atomic E-state index is 12.1. The van der Waals surface area contributed by atoms with Crippen LogP contribution in [0, 0.1) is 6.92 Å². The smallest absolute Gasteiger partial charge is 0.268 e. The maximum atomic E-state index is 12.1. The maximum Gasteiger partial charge on any atom is 0.268 e. The molecule has 2 heterocycles. The molecule has 1 aromatic heterocycles. The van der Waals surface area contributed by atoms with Crippen LogP contribution >= 0.6 is 0 Å². The van der Waals surface area contributed by atoms with Gasteiger partial charge in [-0.05, 0) is 29.7 Å². The van der Waals surface area contributed by atoms with Gasteiger partial charge in [0.1, 0.15) is 5.69 Å². The van der Waals surface area contributed by atoms with Gasteiger partial charge in [0.05, 0.1) is 0 Å².